The number of pyridine rings is 1. The molecule has 1 aliphatic rings. The number of halogens is 3. The number of carbonyl (C=O) groups excluding carboxylic acids is 1. The van der Waals surface area contributed by atoms with Crippen LogP contribution in [0.2, 0.25) is 0 Å². The Hall–Kier alpha value is -1.43. The highest BCUT2D eigenvalue weighted by Gasteiger charge is 2.38. The van der Waals surface area contributed by atoms with E-state index in [1.165, 1.54) is 0 Å². The highest BCUT2D eigenvalue weighted by Crippen LogP contribution is 2.33. The molecule has 6 heteroatoms. The molecular weight excluding hydrogens is 245 g/mol. The molecule has 2 rings (SSSR count). The average Bonchev–Trinajstić information content (AvgIpc) is 2.24. The van der Waals surface area contributed by atoms with Gasteiger partial charge in [-0.25, -0.2) is 0 Å². The number of hydrogen-bond donors (Lipinski definition) is 1. The SMILES string of the molecule is CC(C(=O)c1cnccc1C(F)(F)F)C1CNC1. The molecule has 0 spiro atoms. The lowest BCUT2D eigenvalue weighted by Crippen LogP contribution is -2.47. The number of aromatic nitrogens is 1. The molecule has 98 valence electrons. The van der Waals surface area contributed by atoms with E-state index in [1.54, 1.807) is 6.92 Å². The second kappa shape index (κ2) is 4.68. The van der Waals surface area contributed by atoms with Gasteiger partial charge in [-0.3, -0.25) is 9.78 Å². The molecule has 1 unspecified atom stereocenters. The molecule has 1 saturated heterocycles. The summed E-state index contributed by atoms with van der Waals surface area (Å²) in [5, 5.41) is 3.00. The van der Waals surface area contributed by atoms with E-state index in [9.17, 15) is 18.0 Å². The summed E-state index contributed by atoms with van der Waals surface area (Å²) in [6.45, 7) is 3.02. The minimum atomic E-state index is -4.52. The molecule has 1 aliphatic heterocycles. The summed E-state index contributed by atoms with van der Waals surface area (Å²) in [5.74, 6) is -0.794. The van der Waals surface area contributed by atoms with Gasteiger partial charge in [-0.1, -0.05) is 6.92 Å². The van der Waals surface area contributed by atoms with Crippen LogP contribution < -0.4 is 5.32 Å². The Morgan fingerprint density at radius 3 is 2.67 bits per heavy atom. The van der Waals surface area contributed by atoms with Crippen molar-refractivity contribution < 1.29 is 18.0 Å². The van der Waals surface area contributed by atoms with Crippen molar-refractivity contribution in [3.8, 4) is 0 Å². The van der Waals surface area contributed by atoms with Crippen LogP contribution in [0.15, 0.2) is 18.5 Å². The van der Waals surface area contributed by atoms with E-state index in [0.717, 1.165) is 18.5 Å². The van der Waals surface area contributed by atoms with Crippen LogP contribution in [-0.4, -0.2) is 23.9 Å². The van der Waals surface area contributed by atoms with Crippen molar-refractivity contribution in [2.45, 2.75) is 13.1 Å². The van der Waals surface area contributed by atoms with E-state index >= 15 is 0 Å². The van der Waals surface area contributed by atoms with Gasteiger partial charge in [-0.05, 0) is 25.1 Å². The smallest absolute Gasteiger partial charge is 0.316 e. The molecule has 0 amide bonds. The molecule has 0 bridgehead atoms. The molecule has 1 atom stereocenters. The summed E-state index contributed by atoms with van der Waals surface area (Å²) >= 11 is 0. The molecule has 2 heterocycles. The quantitative estimate of drug-likeness (QED) is 0.844. The Balaban J connectivity index is 2.29. The van der Waals surface area contributed by atoms with Crippen LogP contribution >= 0.6 is 0 Å². The average molecular weight is 258 g/mol. The van der Waals surface area contributed by atoms with E-state index in [4.69, 9.17) is 0 Å². The third-order valence-corrected chi connectivity index (χ3v) is 3.33. The number of ketones is 1. The zero-order valence-electron chi connectivity index (χ0n) is 9.79. The molecule has 0 radical (unpaired) electrons. The van der Waals surface area contributed by atoms with Gasteiger partial charge in [-0.15, -0.1) is 0 Å². The van der Waals surface area contributed by atoms with Crippen molar-refractivity contribution >= 4 is 5.78 Å². The number of carbonyl (C=O) groups is 1. The summed E-state index contributed by atoms with van der Waals surface area (Å²) in [7, 11) is 0. The maximum absolute atomic E-state index is 12.8. The Kier molecular flexibility index (Phi) is 3.38. The van der Waals surface area contributed by atoms with Crippen molar-refractivity contribution in [2.75, 3.05) is 13.1 Å². The molecule has 0 aromatic carbocycles. The molecule has 1 fully saturated rings. The third kappa shape index (κ3) is 2.38. The second-order valence-electron chi connectivity index (χ2n) is 4.49. The fourth-order valence-corrected chi connectivity index (χ4v) is 1.96. The van der Waals surface area contributed by atoms with Crippen molar-refractivity contribution in [3.05, 3.63) is 29.6 Å². The molecular formula is C12H13F3N2O. The fourth-order valence-electron chi connectivity index (χ4n) is 1.96. The zero-order chi connectivity index (χ0) is 13.3. The maximum Gasteiger partial charge on any atom is 0.417 e. The Bertz CT molecular complexity index is 455. The molecule has 0 aliphatic carbocycles. The highest BCUT2D eigenvalue weighted by molar-refractivity contribution is 5.99. The van der Waals surface area contributed by atoms with Gasteiger partial charge in [0.15, 0.2) is 5.78 Å². The van der Waals surface area contributed by atoms with E-state index in [-0.39, 0.29) is 11.5 Å². The first-order valence-corrected chi connectivity index (χ1v) is 5.67. The number of hydrogen-bond acceptors (Lipinski definition) is 3. The van der Waals surface area contributed by atoms with Gasteiger partial charge in [-0.2, -0.15) is 13.2 Å². The summed E-state index contributed by atoms with van der Waals surface area (Å²) < 4.78 is 38.3. The molecule has 0 saturated carbocycles. The normalized spacial score (nSPS) is 18.2. The number of rotatable bonds is 3. The first-order chi connectivity index (χ1) is 8.41. The number of alkyl halides is 3. The van der Waals surface area contributed by atoms with E-state index in [0.29, 0.717) is 13.1 Å². The minimum Gasteiger partial charge on any atom is -0.316 e. The Morgan fingerprint density at radius 1 is 1.50 bits per heavy atom. The zero-order valence-corrected chi connectivity index (χ0v) is 9.79. The Labute approximate surface area is 102 Å². The van der Waals surface area contributed by atoms with Gasteiger partial charge in [0, 0.05) is 23.9 Å². The predicted molar refractivity (Wildman–Crippen MR) is 59.1 cm³/mol. The van der Waals surface area contributed by atoms with Gasteiger partial charge < -0.3 is 5.32 Å². The van der Waals surface area contributed by atoms with Crippen LogP contribution in [0.5, 0.6) is 0 Å². The lowest BCUT2D eigenvalue weighted by atomic mass is 9.83. The van der Waals surface area contributed by atoms with Gasteiger partial charge >= 0.3 is 6.18 Å². The van der Waals surface area contributed by atoms with Crippen LogP contribution in [0.25, 0.3) is 0 Å². The van der Waals surface area contributed by atoms with Gasteiger partial charge in [0.25, 0.3) is 0 Å². The summed E-state index contributed by atoms with van der Waals surface area (Å²) in [5.41, 5.74) is -1.23. The summed E-state index contributed by atoms with van der Waals surface area (Å²) in [6, 6.07) is 0.846. The number of nitrogens with one attached hydrogen (secondary N) is 1. The van der Waals surface area contributed by atoms with E-state index in [1.807, 2.05) is 0 Å². The van der Waals surface area contributed by atoms with Gasteiger partial charge in [0.2, 0.25) is 0 Å². The van der Waals surface area contributed by atoms with Crippen LogP contribution in [0.3, 0.4) is 0 Å². The predicted octanol–water partition coefficient (Wildman–Crippen LogP) is 2.14. The van der Waals surface area contributed by atoms with Crippen molar-refractivity contribution in [1.82, 2.24) is 10.3 Å². The first-order valence-electron chi connectivity index (χ1n) is 5.67. The minimum absolute atomic E-state index is 0.110. The summed E-state index contributed by atoms with van der Waals surface area (Å²) in [6.07, 6.45) is -2.46. The van der Waals surface area contributed by atoms with Crippen LogP contribution in [-0.2, 0) is 6.18 Å². The number of Topliss-reactive ketones (excluding diaryl/α,β-unsaturated/α-hetero) is 1. The largest absolute Gasteiger partial charge is 0.417 e. The van der Waals surface area contributed by atoms with Crippen LogP contribution in [0.1, 0.15) is 22.8 Å². The van der Waals surface area contributed by atoms with Gasteiger partial charge in [0.1, 0.15) is 0 Å². The molecule has 1 aromatic rings. The number of nitrogens with zero attached hydrogens (tertiary/aromatic N) is 1. The van der Waals surface area contributed by atoms with E-state index < -0.39 is 23.4 Å². The summed E-state index contributed by atoms with van der Waals surface area (Å²) in [4.78, 5) is 15.7. The van der Waals surface area contributed by atoms with Crippen molar-refractivity contribution in [1.29, 1.82) is 0 Å². The lowest BCUT2D eigenvalue weighted by molar-refractivity contribution is -0.138. The van der Waals surface area contributed by atoms with Crippen molar-refractivity contribution in [2.24, 2.45) is 11.8 Å². The highest BCUT2D eigenvalue weighted by atomic mass is 19.4. The lowest BCUT2D eigenvalue weighted by Gasteiger charge is -2.32. The third-order valence-electron chi connectivity index (χ3n) is 3.33. The van der Waals surface area contributed by atoms with Gasteiger partial charge in [0.05, 0.1) is 5.56 Å². The fraction of sp³-hybridized carbons (Fsp3) is 0.500. The maximum atomic E-state index is 12.8. The Morgan fingerprint density at radius 2 is 2.17 bits per heavy atom. The second-order valence-corrected chi connectivity index (χ2v) is 4.49. The monoisotopic (exact) mass is 258 g/mol. The molecule has 18 heavy (non-hydrogen) atoms. The standard InChI is InChI=1S/C12H13F3N2O/c1-7(8-4-17-5-8)11(18)9-6-16-3-2-10(9)12(13,14)15/h2-3,6-8,17H,4-5H2,1H3. The van der Waals surface area contributed by atoms with Crippen LogP contribution in [0.4, 0.5) is 13.2 Å². The van der Waals surface area contributed by atoms with Crippen molar-refractivity contribution in [3.63, 3.8) is 0 Å². The van der Waals surface area contributed by atoms with Crippen LogP contribution in [0, 0.1) is 11.8 Å². The molecule has 3 nitrogen and oxygen atoms in total. The molecule has 1 aromatic heterocycles. The topological polar surface area (TPSA) is 42.0 Å². The van der Waals surface area contributed by atoms with E-state index in [2.05, 4.69) is 10.3 Å². The molecule has 1 N–H and O–H groups in total. The first kappa shape index (κ1) is 13.0.